The molecule has 0 amide bonds. The van der Waals surface area contributed by atoms with Crippen LogP contribution in [0.25, 0.3) is 121 Å². The van der Waals surface area contributed by atoms with Gasteiger partial charge in [-0.05, 0) is 16.7 Å². The first-order valence-corrected chi connectivity index (χ1v) is 19.5. The number of aromatic amines is 3. The van der Waals surface area contributed by atoms with E-state index >= 15 is 0 Å². The van der Waals surface area contributed by atoms with Gasteiger partial charge in [-0.1, -0.05) is 188 Å². The molecule has 0 saturated carbocycles. The summed E-state index contributed by atoms with van der Waals surface area (Å²) >= 11 is 0. The lowest BCUT2D eigenvalue weighted by atomic mass is 9.96. The van der Waals surface area contributed by atoms with Gasteiger partial charge in [0.25, 0.3) is 0 Å². The number of H-pyrrole nitrogens is 3. The van der Waals surface area contributed by atoms with Gasteiger partial charge in [0.05, 0.1) is 44.5 Å². The zero-order valence-corrected chi connectivity index (χ0v) is 30.8. The van der Waals surface area contributed by atoms with Crippen molar-refractivity contribution in [2.24, 2.45) is 0 Å². The monoisotopic (exact) mass is 726 g/mol. The Morgan fingerprint density at radius 1 is 0.246 bits per heavy atom. The highest BCUT2D eigenvalue weighted by atomic mass is 14.8. The van der Waals surface area contributed by atoms with Crippen molar-refractivity contribution in [1.29, 1.82) is 0 Å². The number of rotatable bonds is 3. The van der Waals surface area contributed by atoms with E-state index in [2.05, 4.69) is 203 Å². The third-order valence-electron chi connectivity index (χ3n) is 11.7. The highest BCUT2D eigenvalue weighted by Gasteiger charge is 2.26. The average Bonchev–Trinajstić information content (AvgIpc) is 4.05. The molecule has 4 heteroatoms. The first kappa shape index (κ1) is 31.6. The number of nitrogens with one attached hydrogen (secondary N) is 3. The lowest BCUT2D eigenvalue weighted by Crippen LogP contribution is -1.86. The van der Waals surface area contributed by atoms with E-state index in [4.69, 9.17) is 4.98 Å². The van der Waals surface area contributed by atoms with E-state index in [1.165, 1.54) is 0 Å². The van der Waals surface area contributed by atoms with E-state index in [1.807, 2.05) is 0 Å². The van der Waals surface area contributed by atoms with E-state index < -0.39 is 0 Å². The lowest BCUT2D eigenvalue weighted by molar-refractivity contribution is 1.41. The van der Waals surface area contributed by atoms with E-state index in [0.29, 0.717) is 0 Å². The quantitative estimate of drug-likeness (QED) is 0.167. The molecule has 0 radical (unpaired) electrons. The summed E-state index contributed by atoms with van der Waals surface area (Å²) in [6.07, 6.45) is 0. The number of aromatic nitrogens is 4. The number of fused-ring (bicyclic) bond motifs is 1. The number of benzene rings is 7. The van der Waals surface area contributed by atoms with Gasteiger partial charge in [0.15, 0.2) is 0 Å². The van der Waals surface area contributed by atoms with Crippen LogP contribution in [-0.4, -0.2) is 19.9 Å². The van der Waals surface area contributed by atoms with Crippen LogP contribution in [0.15, 0.2) is 188 Å². The minimum Gasteiger partial charge on any atom is -0.353 e. The fourth-order valence-corrected chi connectivity index (χ4v) is 9.26. The van der Waals surface area contributed by atoms with Crippen molar-refractivity contribution in [2.45, 2.75) is 0 Å². The van der Waals surface area contributed by atoms with E-state index in [-0.39, 0.29) is 0 Å². The summed E-state index contributed by atoms with van der Waals surface area (Å²) in [5.41, 5.74) is 17.0. The number of hydrogen-bond donors (Lipinski definition) is 3. The van der Waals surface area contributed by atoms with Crippen molar-refractivity contribution >= 4 is 65.4 Å². The van der Waals surface area contributed by atoms with E-state index in [0.717, 1.165) is 121 Å². The fourth-order valence-electron chi connectivity index (χ4n) is 9.26. The predicted molar refractivity (Wildman–Crippen MR) is 240 cm³/mol. The summed E-state index contributed by atoms with van der Waals surface area (Å²) in [4.78, 5) is 18.0. The van der Waals surface area contributed by atoms with Crippen LogP contribution in [0.3, 0.4) is 0 Å². The summed E-state index contributed by atoms with van der Waals surface area (Å²) < 4.78 is 0. The molecule has 266 valence electrons. The van der Waals surface area contributed by atoms with Crippen molar-refractivity contribution in [3.8, 4) is 55.9 Å². The topological polar surface area (TPSA) is 60.3 Å². The zero-order chi connectivity index (χ0) is 37.5. The second kappa shape index (κ2) is 12.4. The Morgan fingerprint density at radius 2 is 0.526 bits per heavy atom. The standard InChI is InChI=1S/C53H34N4/c1-4-18-32(19-5-1)43-46-35-24-10-12-26-37(35)48(54-46)44(33-20-6-2-7-21-33)50-39-28-14-16-30-41(39)52(56-50)53-42-31-17-15-29-40(42)51(57-53)45(34-22-8-3-9-23-34)49-38-27-13-11-25-36(38)47(43)55-49/h1-31,54-56H. The van der Waals surface area contributed by atoms with Crippen molar-refractivity contribution in [1.82, 2.24) is 19.9 Å². The van der Waals surface area contributed by atoms with Gasteiger partial charge in [-0.3, -0.25) is 0 Å². The Bertz CT molecular complexity index is 3500. The normalized spacial score (nSPS) is 11.9. The smallest absolute Gasteiger partial charge is 0.0957 e. The van der Waals surface area contributed by atoms with Crippen LogP contribution in [0.1, 0.15) is 0 Å². The molecule has 8 bridgehead atoms. The molecule has 0 atom stereocenters. The summed E-state index contributed by atoms with van der Waals surface area (Å²) in [7, 11) is 0. The summed E-state index contributed by atoms with van der Waals surface area (Å²) in [6.45, 7) is 0. The van der Waals surface area contributed by atoms with Gasteiger partial charge in [0, 0.05) is 60.1 Å². The maximum absolute atomic E-state index is 5.72. The van der Waals surface area contributed by atoms with Crippen molar-refractivity contribution < 1.29 is 0 Å². The van der Waals surface area contributed by atoms with Crippen LogP contribution >= 0.6 is 0 Å². The van der Waals surface area contributed by atoms with E-state index in [1.54, 1.807) is 0 Å². The van der Waals surface area contributed by atoms with Crippen LogP contribution in [0.4, 0.5) is 0 Å². The summed E-state index contributed by atoms with van der Waals surface area (Å²) in [5, 5.41) is 6.86. The molecule has 0 unspecified atom stereocenters. The Morgan fingerprint density at radius 3 is 0.930 bits per heavy atom. The Labute approximate surface area is 328 Å². The molecule has 0 spiro atoms. The zero-order valence-electron chi connectivity index (χ0n) is 30.8. The molecule has 7 aromatic carbocycles. The lowest BCUT2D eigenvalue weighted by Gasteiger charge is -2.07. The molecule has 0 fully saturated rings. The van der Waals surface area contributed by atoms with Crippen LogP contribution in [0.2, 0.25) is 0 Å². The molecule has 0 saturated heterocycles. The first-order valence-electron chi connectivity index (χ1n) is 19.5. The van der Waals surface area contributed by atoms with Gasteiger partial charge in [-0.25, -0.2) is 4.98 Å². The second-order valence-electron chi connectivity index (χ2n) is 14.8. The molecule has 4 heterocycles. The van der Waals surface area contributed by atoms with Crippen molar-refractivity contribution in [2.75, 3.05) is 0 Å². The Kier molecular flexibility index (Phi) is 6.89. The molecule has 10 aromatic rings. The Hall–Kier alpha value is -7.69. The minimum absolute atomic E-state index is 0.934. The SMILES string of the molecule is c1ccc(-c2c3nc(c4[nH]c(c(-c5ccccc5)c5[nH]c(c(-c6ccccc6)c6[nH]c2c2ccccc62)c2ccccc52)c2ccccc42)-c2ccccc2-3)cc1. The van der Waals surface area contributed by atoms with Gasteiger partial charge in [-0.2, -0.15) is 0 Å². The summed E-state index contributed by atoms with van der Waals surface area (Å²) in [6, 6.07) is 67.4. The Balaban J connectivity index is 1.46. The summed E-state index contributed by atoms with van der Waals surface area (Å²) in [5.74, 6) is 0. The maximum atomic E-state index is 5.72. The third kappa shape index (κ3) is 4.71. The molecule has 57 heavy (non-hydrogen) atoms. The molecule has 3 aromatic heterocycles. The molecule has 3 N–H and O–H groups in total. The maximum Gasteiger partial charge on any atom is 0.0957 e. The third-order valence-corrected chi connectivity index (χ3v) is 11.7. The molecule has 1 aliphatic heterocycles. The predicted octanol–water partition coefficient (Wildman–Crippen LogP) is 14.3. The highest BCUT2D eigenvalue weighted by Crippen LogP contribution is 2.48. The van der Waals surface area contributed by atoms with Gasteiger partial charge in [0.1, 0.15) is 0 Å². The molecule has 2 aliphatic rings. The van der Waals surface area contributed by atoms with Gasteiger partial charge in [0.2, 0.25) is 0 Å². The first-order chi connectivity index (χ1) is 28.3. The average molecular weight is 727 g/mol. The van der Waals surface area contributed by atoms with Crippen LogP contribution < -0.4 is 0 Å². The van der Waals surface area contributed by atoms with Crippen LogP contribution in [0.5, 0.6) is 0 Å². The van der Waals surface area contributed by atoms with Crippen LogP contribution in [0, 0.1) is 0 Å². The van der Waals surface area contributed by atoms with Gasteiger partial charge >= 0.3 is 0 Å². The molecule has 12 rings (SSSR count). The number of hydrogen-bond acceptors (Lipinski definition) is 1. The number of nitrogens with zero attached hydrogens (tertiary/aromatic N) is 1. The molecule has 1 aliphatic carbocycles. The second-order valence-corrected chi connectivity index (χ2v) is 14.8. The van der Waals surface area contributed by atoms with Crippen molar-refractivity contribution in [3.05, 3.63) is 188 Å². The highest BCUT2D eigenvalue weighted by molar-refractivity contribution is 6.25. The fraction of sp³-hybridized carbons (Fsp3) is 0. The van der Waals surface area contributed by atoms with Crippen LogP contribution in [-0.2, 0) is 0 Å². The minimum atomic E-state index is 0.934. The van der Waals surface area contributed by atoms with Gasteiger partial charge < -0.3 is 15.0 Å². The largest absolute Gasteiger partial charge is 0.353 e. The molecule has 4 nitrogen and oxygen atoms in total. The van der Waals surface area contributed by atoms with Crippen molar-refractivity contribution in [3.63, 3.8) is 0 Å². The van der Waals surface area contributed by atoms with E-state index in [9.17, 15) is 0 Å². The molecular formula is C53H34N4. The van der Waals surface area contributed by atoms with Gasteiger partial charge in [-0.15, -0.1) is 0 Å². The molecular weight excluding hydrogens is 693 g/mol.